The van der Waals surface area contributed by atoms with Gasteiger partial charge in [-0.2, -0.15) is 0 Å². The third-order valence-electron chi connectivity index (χ3n) is 3.59. The predicted octanol–water partition coefficient (Wildman–Crippen LogP) is 4.04. The van der Waals surface area contributed by atoms with Crippen molar-refractivity contribution >= 4 is 19.6 Å². The Bertz CT molecular complexity index is 574. The molecule has 5 nitrogen and oxygen atoms in total. The van der Waals surface area contributed by atoms with Crippen LogP contribution >= 0.6 is 7.60 Å². The maximum absolute atomic E-state index is 13.0. The van der Waals surface area contributed by atoms with Crippen molar-refractivity contribution in [1.29, 1.82) is 0 Å². The molecule has 0 amide bonds. The molecular weight excluding hydrogens is 315 g/mol. The summed E-state index contributed by atoms with van der Waals surface area (Å²) in [7, 11) is -3.33. The highest BCUT2D eigenvalue weighted by molar-refractivity contribution is 7.54. The van der Waals surface area contributed by atoms with Gasteiger partial charge in [0, 0.05) is 6.42 Å². The quantitative estimate of drug-likeness (QED) is 0.555. The maximum Gasteiger partial charge on any atom is 0.337 e. The second-order valence-electron chi connectivity index (χ2n) is 5.21. The summed E-state index contributed by atoms with van der Waals surface area (Å²) in [4.78, 5) is 11.6. The lowest BCUT2D eigenvalue weighted by atomic mass is 10.1. The van der Waals surface area contributed by atoms with Gasteiger partial charge in [0.15, 0.2) is 0 Å². The average molecular weight is 338 g/mol. The van der Waals surface area contributed by atoms with Gasteiger partial charge < -0.3 is 13.8 Å². The fourth-order valence-electron chi connectivity index (χ4n) is 2.58. The topological polar surface area (TPSA) is 61.8 Å². The lowest BCUT2D eigenvalue weighted by Crippen LogP contribution is -2.36. The lowest BCUT2D eigenvalue weighted by Gasteiger charge is -2.33. The van der Waals surface area contributed by atoms with Crippen LogP contribution in [0.5, 0.6) is 0 Å². The first-order valence-corrected chi connectivity index (χ1v) is 9.51. The van der Waals surface area contributed by atoms with Crippen molar-refractivity contribution in [2.75, 3.05) is 13.2 Å². The number of rotatable bonds is 7. The highest BCUT2D eigenvalue weighted by atomic mass is 31.2. The maximum atomic E-state index is 13.0. The molecule has 6 heteroatoms. The van der Waals surface area contributed by atoms with Crippen molar-refractivity contribution in [3.05, 3.63) is 42.0 Å². The minimum absolute atomic E-state index is 0.227. The van der Waals surface area contributed by atoms with Crippen molar-refractivity contribution in [2.45, 2.75) is 38.5 Å². The van der Waals surface area contributed by atoms with Crippen LogP contribution in [0.2, 0.25) is 0 Å². The van der Waals surface area contributed by atoms with E-state index < -0.39 is 19.4 Å². The number of hydrogen-bond donors (Lipinski definition) is 0. The van der Waals surface area contributed by atoms with Crippen LogP contribution in [0.15, 0.2) is 36.4 Å². The molecule has 0 unspecified atom stereocenters. The zero-order valence-corrected chi connectivity index (χ0v) is 14.4. The van der Waals surface area contributed by atoms with Gasteiger partial charge in [-0.1, -0.05) is 36.4 Å². The summed E-state index contributed by atoms with van der Waals surface area (Å²) in [6.07, 6.45) is 3.67. The van der Waals surface area contributed by atoms with E-state index in [0.29, 0.717) is 6.42 Å². The highest BCUT2D eigenvalue weighted by Gasteiger charge is 2.44. The van der Waals surface area contributed by atoms with Gasteiger partial charge >= 0.3 is 13.6 Å². The standard InChI is InChI=1S/C17H23O5P/c1-3-20-23(19,21-4-2)16-12-13-17(18)22-15(16)11-10-14-8-6-5-7-9-14/h5-11,15-16H,3-4,12-13H2,1-2H3/b11-10+/t15-,16-/m0/s1. The number of benzene rings is 1. The van der Waals surface area contributed by atoms with Crippen LogP contribution < -0.4 is 0 Å². The molecule has 1 heterocycles. The van der Waals surface area contributed by atoms with Gasteiger partial charge in [-0.15, -0.1) is 0 Å². The van der Waals surface area contributed by atoms with Crippen LogP contribution in [0, 0.1) is 0 Å². The molecule has 1 aromatic carbocycles. The Kier molecular flexibility index (Phi) is 6.58. The number of ether oxygens (including phenoxy) is 1. The Morgan fingerprint density at radius 1 is 1.22 bits per heavy atom. The Hall–Kier alpha value is -1.42. The summed E-state index contributed by atoms with van der Waals surface area (Å²) in [5.41, 5.74) is 0.510. The summed E-state index contributed by atoms with van der Waals surface area (Å²) < 4.78 is 29.3. The minimum atomic E-state index is -3.33. The van der Waals surface area contributed by atoms with Gasteiger partial charge in [-0.25, -0.2) is 0 Å². The molecule has 0 saturated carbocycles. The second kappa shape index (κ2) is 8.44. The Labute approximate surface area is 137 Å². The average Bonchev–Trinajstić information content (AvgIpc) is 2.54. The van der Waals surface area contributed by atoms with Gasteiger partial charge in [0.05, 0.1) is 13.2 Å². The Morgan fingerprint density at radius 2 is 1.87 bits per heavy atom. The molecule has 1 saturated heterocycles. The van der Waals surface area contributed by atoms with Gasteiger partial charge in [-0.05, 0) is 31.9 Å². The van der Waals surface area contributed by atoms with Crippen LogP contribution in [-0.4, -0.2) is 30.9 Å². The molecule has 2 atom stereocenters. The zero-order chi connectivity index (χ0) is 16.7. The van der Waals surface area contributed by atoms with E-state index >= 15 is 0 Å². The number of cyclic esters (lactones) is 1. The lowest BCUT2D eigenvalue weighted by molar-refractivity contribution is -0.150. The second-order valence-corrected chi connectivity index (χ2v) is 7.47. The van der Waals surface area contributed by atoms with Crippen molar-refractivity contribution in [3.8, 4) is 0 Å². The molecule has 0 bridgehead atoms. The summed E-state index contributed by atoms with van der Waals surface area (Å²) >= 11 is 0. The monoisotopic (exact) mass is 338 g/mol. The number of hydrogen-bond acceptors (Lipinski definition) is 5. The Balaban J connectivity index is 2.23. The van der Waals surface area contributed by atoms with E-state index in [-0.39, 0.29) is 25.6 Å². The van der Waals surface area contributed by atoms with Gasteiger partial charge in [0.25, 0.3) is 0 Å². The van der Waals surface area contributed by atoms with Crippen molar-refractivity contribution in [1.82, 2.24) is 0 Å². The molecular formula is C17H23O5P. The van der Waals surface area contributed by atoms with Crippen molar-refractivity contribution < 1.29 is 23.1 Å². The molecule has 2 rings (SSSR count). The van der Waals surface area contributed by atoms with Crippen molar-refractivity contribution in [3.63, 3.8) is 0 Å². The molecule has 0 N–H and O–H groups in total. The third-order valence-corrected chi connectivity index (χ3v) is 6.19. The molecule has 1 fully saturated rings. The first kappa shape index (κ1) is 17.9. The normalized spacial score (nSPS) is 22.3. The third kappa shape index (κ3) is 4.77. The van der Waals surface area contributed by atoms with E-state index in [2.05, 4.69) is 0 Å². The van der Waals surface area contributed by atoms with E-state index in [4.69, 9.17) is 13.8 Å². The van der Waals surface area contributed by atoms with Gasteiger partial charge in [-0.3, -0.25) is 9.36 Å². The summed E-state index contributed by atoms with van der Waals surface area (Å²) in [6, 6.07) is 9.67. The van der Waals surface area contributed by atoms with Crippen LogP contribution in [0.4, 0.5) is 0 Å². The molecule has 23 heavy (non-hydrogen) atoms. The van der Waals surface area contributed by atoms with Gasteiger partial charge in [0.2, 0.25) is 0 Å². The predicted molar refractivity (Wildman–Crippen MR) is 89.2 cm³/mol. The molecule has 126 valence electrons. The summed E-state index contributed by atoms with van der Waals surface area (Å²) in [5, 5.41) is 0. The zero-order valence-electron chi connectivity index (χ0n) is 13.5. The van der Waals surface area contributed by atoms with E-state index in [1.807, 2.05) is 36.4 Å². The highest BCUT2D eigenvalue weighted by Crippen LogP contribution is 2.57. The first-order valence-electron chi connectivity index (χ1n) is 7.90. The van der Waals surface area contributed by atoms with E-state index in [9.17, 15) is 9.36 Å². The van der Waals surface area contributed by atoms with Crippen LogP contribution in [0.25, 0.3) is 6.08 Å². The van der Waals surface area contributed by atoms with E-state index in [1.165, 1.54) is 0 Å². The van der Waals surface area contributed by atoms with Gasteiger partial charge in [0.1, 0.15) is 11.8 Å². The number of esters is 1. The van der Waals surface area contributed by atoms with E-state index in [1.54, 1.807) is 19.9 Å². The fraction of sp³-hybridized carbons (Fsp3) is 0.471. The molecule has 0 radical (unpaired) electrons. The molecule has 0 spiro atoms. The molecule has 1 aliphatic rings. The number of carbonyl (C=O) groups is 1. The minimum Gasteiger partial charge on any atom is -0.457 e. The SMILES string of the molecule is CCOP(=O)(OCC)[C@H]1CCC(=O)O[C@H]1/C=C/c1ccccc1. The Morgan fingerprint density at radius 3 is 2.48 bits per heavy atom. The largest absolute Gasteiger partial charge is 0.457 e. The molecule has 0 aromatic heterocycles. The molecule has 1 aromatic rings. The fourth-order valence-corrected chi connectivity index (χ4v) is 4.73. The smallest absolute Gasteiger partial charge is 0.337 e. The van der Waals surface area contributed by atoms with Crippen LogP contribution in [-0.2, 0) is 23.1 Å². The van der Waals surface area contributed by atoms with Crippen LogP contribution in [0.3, 0.4) is 0 Å². The van der Waals surface area contributed by atoms with Crippen LogP contribution in [0.1, 0.15) is 32.3 Å². The molecule has 1 aliphatic heterocycles. The van der Waals surface area contributed by atoms with E-state index in [0.717, 1.165) is 5.56 Å². The summed E-state index contributed by atoms with van der Waals surface area (Å²) in [5.74, 6) is -0.288. The number of carbonyl (C=O) groups excluding carboxylic acids is 1. The first-order chi connectivity index (χ1) is 11.1. The van der Waals surface area contributed by atoms with Crippen molar-refractivity contribution in [2.24, 2.45) is 0 Å². The molecule has 0 aliphatic carbocycles. The summed E-state index contributed by atoms with van der Waals surface area (Å²) in [6.45, 7) is 4.12.